The Balaban J connectivity index is 1.63. The molecule has 144 valence electrons. The Morgan fingerprint density at radius 2 is 1.71 bits per heavy atom. The van der Waals surface area contributed by atoms with E-state index in [-0.39, 0.29) is 5.56 Å². The number of hydrogen-bond acceptors (Lipinski definition) is 5. The van der Waals surface area contributed by atoms with Crippen molar-refractivity contribution < 1.29 is 28.3 Å². The summed E-state index contributed by atoms with van der Waals surface area (Å²) in [5, 5.41) is 2.56. The van der Waals surface area contributed by atoms with Crippen LogP contribution < -0.4 is 5.32 Å². The third-order valence-corrected chi connectivity index (χ3v) is 4.45. The first kappa shape index (κ1) is 19.2. The zero-order valence-electron chi connectivity index (χ0n) is 15.0. The van der Waals surface area contributed by atoms with Gasteiger partial charge in [0.05, 0.1) is 5.56 Å². The summed E-state index contributed by atoms with van der Waals surface area (Å²) >= 11 is 0. The van der Waals surface area contributed by atoms with Crippen molar-refractivity contribution in [1.82, 2.24) is 10.2 Å². The van der Waals surface area contributed by atoms with E-state index in [1.54, 1.807) is 30.3 Å². The number of imide groups is 1. The van der Waals surface area contributed by atoms with Gasteiger partial charge in [0.25, 0.3) is 5.91 Å². The van der Waals surface area contributed by atoms with Crippen molar-refractivity contribution in [2.24, 2.45) is 0 Å². The zero-order valence-corrected chi connectivity index (χ0v) is 15.0. The molecular weight excluding hydrogens is 367 g/mol. The summed E-state index contributed by atoms with van der Waals surface area (Å²) in [6.07, 6.45) is 0. The van der Waals surface area contributed by atoms with E-state index in [9.17, 15) is 23.6 Å². The van der Waals surface area contributed by atoms with Crippen molar-refractivity contribution in [3.8, 4) is 0 Å². The van der Waals surface area contributed by atoms with E-state index < -0.39 is 48.2 Å². The van der Waals surface area contributed by atoms with Gasteiger partial charge in [0.15, 0.2) is 6.61 Å². The Morgan fingerprint density at radius 1 is 1.07 bits per heavy atom. The number of carbonyl (C=O) groups is 4. The number of Topliss-reactive ketones (excluding diaryl/α,β-unsaturated/α-hetero) is 1. The van der Waals surface area contributed by atoms with Crippen molar-refractivity contribution in [2.45, 2.75) is 12.5 Å². The molecule has 2 aromatic rings. The minimum absolute atomic E-state index is 0.207. The van der Waals surface area contributed by atoms with Crippen molar-refractivity contribution in [3.63, 3.8) is 0 Å². The van der Waals surface area contributed by atoms with Gasteiger partial charge < -0.3 is 10.1 Å². The van der Waals surface area contributed by atoms with Crippen LogP contribution in [0.4, 0.5) is 9.18 Å². The first-order chi connectivity index (χ1) is 13.3. The number of urea groups is 1. The van der Waals surface area contributed by atoms with Crippen LogP contribution in [-0.2, 0) is 19.9 Å². The van der Waals surface area contributed by atoms with Crippen molar-refractivity contribution >= 4 is 23.7 Å². The molecule has 1 aliphatic heterocycles. The fraction of sp³-hybridized carbons (Fsp3) is 0.200. The molecule has 1 saturated heterocycles. The van der Waals surface area contributed by atoms with Crippen LogP contribution in [0.2, 0.25) is 0 Å². The van der Waals surface area contributed by atoms with Crippen LogP contribution >= 0.6 is 0 Å². The topological polar surface area (TPSA) is 92.8 Å². The lowest BCUT2D eigenvalue weighted by Gasteiger charge is -2.21. The molecule has 8 heteroatoms. The molecule has 0 unspecified atom stereocenters. The molecule has 28 heavy (non-hydrogen) atoms. The molecule has 3 amide bonds. The van der Waals surface area contributed by atoms with Gasteiger partial charge in [-0.3, -0.25) is 19.3 Å². The molecule has 1 N–H and O–H groups in total. The largest absolute Gasteiger partial charge is 0.456 e. The highest BCUT2D eigenvalue weighted by atomic mass is 19.1. The van der Waals surface area contributed by atoms with Gasteiger partial charge in [0.1, 0.15) is 17.9 Å². The fourth-order valence-electron chi connectivity index (χ4n) is 2.89. The molecular formula is C20H17FN2O5. The maximum Gasteiger partial charge on any atom is 0.326 e. The summed E-state index contributed by atoms with van der Waals surface area (Å²) in [5.41, 5.74) is -0.942. The number of rotatable bonds is 6. The Bertz CT molecular complexity index is 947. The highest BCUT2D eigenvalue weighted by Gasteiger charge is 2.49. The van der Waals surface area contributed by atoms with Crippen LogP contribution in [0.1, 0.15) is 22.8 Å². The molecule has 1 aliphatic rings. The van der Waals surface area contributed by atoms with Crippen LogP contribution in [-0.4, -0.2) is 41.7 Å². The number of amides is 3. The Kier molecular flexibility index (Phi) is 5.21. The number of nitrogens with one attached hydrogen (secondary N) is 1. The van der Waals surface area contributed by atoms with Crippen LogP contribution in [0, 0.1) is 5.82 Å². The molecule has 0 bridgehead atoms. The summed E-state index contributed by atoms with van der Waals surface area (Å²) < 4.78 is 18.4. The van der Waals surface area contributed by atoms with Crippen molar-refractivity contribution in [1.29, 1.82) is 0 Å². The molecule has 0 radical (unpaired) electrons. The highest BCUT2D eigenvalue weighted by Crippen LogP contribution is 2.28. The summed E-state index contributed by atoms with van der Waals surface area (Å²) in [4.78, 5) is 49.6. The first-order valence-corrected chi connectivity index (χ1v) is 8.46. The number of halogens is 1. The molecule has 1 fully saturated rings. The maximum absolute atomic E-state index is 13.6. The Morgan fingerprint density at radius 3 is 2.39 bits per heavy atom. The number of nitrogens with zero attached hydrogens (tertiary/aromatic N) is 1. The summed E-state index contributed by atoms with van der Waals surface area (Å²) in [6, 6.07) is 13.2. The van der Waals surface area contributed by atoms with Gasteiger partial charge in [-0.1, -0.05) is 42.5 Å². The molecule has 7 nitrogen and oxygen atoms in total. The van der Waals surface area contributed by atoms with Crippen LogP contribution in [0.25, 0.3) is 0 Å². The second-order valence-electron chi connectivity index (χ2n) is 6.38. The number of ether oxygens (including phenoxy) is 1. The molecule has 0 spiro atoms. The predicted molar refractivity (Wildman–Crippen MR) is 95.7 cm³/mol. The van der Waals surface area contributed by atoms with Crippen molar-refractivity contribution in [2.75, 3.05) is 13.2 Å². The molecule has 1 atom stereocenters. The molecule has 3 rings (SSSR count). The molecule has 0 aromatic heterocycles. The fourth-order valence-corrected chi connectivity index (χ4v) is 2.89. The minimum atomic E-state index is -1.30. The predicted octanol–water partition coefficient (Wildman–Crippen LogP) is 2.02. The van der Waals surface area contributed by atoms with Gasteiger partial charge in [-0.05, 0) is 24.6 Å². The van der Waals surface area contributed by atoms with Crippen LogP contribution in [0.15, 0.2) is 54.6 Å². The third-order valence-electron chi connectivity index (χ3n) is 4.45. The maximum atomic E-state index is 13.6. The molecule has 2 aromatic carbocycles. The van der Waals surface area contributed by atoms with Gasteiger partial charge in [-0.15, -0.1) is 0 Å². The number of hydrogen-bond donors (Lipinski definition) is 1. The van der Waals surface area contributed by atoms with Gasteiger partial charge in [0.2, 0.25) is 5.78 Å². The second-order valence-corrected chi connectivity index (χ2v) is 6.38. The van der Waals surface area contributed by atoms with Gasteiger partial charge >= 0.3 is 12.0 Å². The smallest absolute Gasteiger partial charge is 0.326 e. The lowest BCUT2D eigenvalue weighted by Crippen LogP contribution is -2.41. The summed E-state index contributed by atoms with van der Waals surface area (Å²) in [5.74, 6) is -3.01. The quantitative estimate of drug-likeness (QED) is 0.467. The number of benzene rings is 2. The van der Waals surface area contributed by atoms with E-state index >= 15 is 0 Å². The van der Waals surface area contributed by atoms with E-state index in [0.717, 1.165) is 11.0 Å². The van der Waals surface area contributed by atoms with Gasteiger partial charge in [0, 0.05) is 0 Å². The van der Waals surface area contributed by atoms with E-state index in [2.05, 4.69) is 5.32 Å². The van der Waals surface area contributed by atoms with Gasteiger partial charge in [-0.25, -0.2) is 9.18 Å². The van der Waals surface area contributed by atoms with Crippen molar-refractivity contribution in [3.05, 3.63) is 71.5 Å². The number of carbonyl (C=O) groups excluding carboxylic acids is 4. The Labute approximate surface area is 160 Å². The first-order valence-electron chi connectivity index (χ1n) is 8.46. The summed E-state index contributed by atoms with van der Waals surface area (Å²) in [6.45, 7) is 0.187. The average Bonchev–Trinajstić information content (AvgIpc) is 2.91. The molecule has 0 saturated carbocycles. The average molecular weight is 384 g/mol. The molecule has 1 heterocycles. The Hall–Kier alpha value is -3.55. The lowest BCUT2D eigenvalue weighted by atomic mass is 9.92. The van der Waals surface area contributed by atoms with E-state index in [1.165, 1.54) is 25.1 Å². The van der Waals surface area contributed by atoms with Gasteiger partial charge in [-0.2, -0.15) is 0 Å². The standard InChI is InChI=1S/C20H17FN2O5/c1-20(13-7-3-2-4-8-13)18(26)23(19(27)22-20)11-17(25)28-12-16(24)14-9-5-6-10-15(14)21/h2-10H,11-12H2,1H3,(H,22,27)/t20-/m1/s1. The zero-order chi connectivity index (χ0) is 20.3. The minimum Gasteiger partial charge on any atom is -0.456 e. The number of ketones is 1. The number of esters is 1. The monoisotopic (exact) mass is 384 g/mol. The van der Waals surface area contributed by atoms with E-state index in [1.807, 2.05) is 0 Å². The molecule has 0 aliphatic carbocycles. The summed E-state index contributed by atoms with van der Waals surface area (Å²) in [7, 11) is 0. The second kappa shape index (κ2) is 7.59. The van der Waals surface area contributed by atoms with E-state index in [4.69, 9.17) is 4.74 Å². The van der Waals surface area contributed by atoms with E-state index in [0.29, 0.717) is 5.56 Å². The SMILES string of the molecule is C[C@]1(c2ccccc2)NC(=O)N(CC(=O)OCC(=O)c2ccccc2F)C1=O. The third kappa shape index (κ3) is 3.62. The van der Waals surface area contributed by atoms with Crippen LogP contribution in [0.5, 0.6) is 0 Å². The van der Waals surface area contributed by atoms with Crippen LogP contribution in [0.3, 0.4) is 0 Å². The lowest BCUT2D eigenvalue weighted by molar-refractivity contribution is -0.146. The highest BCUT2D eigenvalue weighted by molar-refractivity contribution is 6.09. The normalized spacial score (nSPS) is 18.7.